The first-order valence-electron chi connectivity index (χ1n) is 6.05. The summed E-state index contributed by atoms with van der Waals surface area (Å²) in [6, 6.07) is 2.88. The lowest BCUT2D eigenvalue weighted by Gasteiger charge is -2.36. The monoisotopic (exact) mass is 403 g/mol. The Kier molecular flexibility index (Phi) is 4.62. The molecule has 0 aliphatic carbocycles. The van der Waals surface area contributed by atoms with E-state index in [0.29, 0.717) is 28.0 Å². The number of rotatable bonds is 2. The molecule has 8 heteroatoms. The van der Waals surface area contributed by atoms with Gasteiger partial charge in [0.05, 0.1) is 21.5 Å². The van der Waals surface area contributed by atoms with Crippen LogP contribution in [0.2, 0.25) is 0 Å². The van der Waals surface area contributed by atoms with Crippen LogP contribution >= 0.6 is 22.6 Å². The molecule has 1 heterocycles. The van der Waals surface area contributed by atoms with Crippen molar-refractivity contribution in [3.63, 3.8) is 0 Å². The van der Waals surface area contributed by atoms with Crippen LogP contribution in [0.15, 0.2) is 12.1 Å². The maximum absolute atomic E-state index is 13.6. The summed E-state index contributed by atoms with van der Waals surface area (Å²) < 4.78 is 50.9. The zero-order chi connectivity index (χ0) is 14.9. The molecule has 1 aliphatic heterocycles. The van der Waals surface area contributed by atoms with Crippen LogP contribution in [0, 0.1) is 9.39 Å². The van der Waals surface area contributed by atoms with Crippen molar-refractivity contribution in [3.8, 4) is 0 Å². The molecule has 1 aliphatic rings. The van der Waals surface area contributed by atoms with E-state index in [1.54, 1.807) is 0 Å². The molecule has 2 rings (SSSR count). The molecule has 1 aromatic carbocycles. The second-order valence-electron chi connectivity index (χ2n) is 4.70. The fourth-order valence-corrected chi connectivity index (χ4v) is 2.72. The van der Waals surface area contributed by atoms with E-state index in [4.69, 9.17) is 5.73 Å². The van der Waals surface area contributed by atoms with Gasteiger partial charge in [-0.1, -0.05) is 0 Å². The molecule has 3 nitrogen and oxygen atoms in total. The second kappa shape index (κ2) is 5.92. The third-order valence-electron chi connectivity index (χ3n) is 3.19. The van der Waals surface area contributed by atoms with Crippen molar-refractivity contribution in [2.45, 2.75) is 6.18 Å². The lowest BCUT2D eigenvalue weighted by molar-refractivity contribution is -0.146. The highest BCUT2D eigenvalue weighted by molar-refractivity contribution is 14.1. The van der Waals surface area contributed by atoms with Crippen molar-refractivity contribution >= 4 is 34.0 Å². The van der Waals surface area contributed by atoms with Crippen LogP contribution in [0.25, 0.3) is 0 Å². The molecule has 0 atom stereocenters. The Morgan fingerprint density at radius 3 is 2.30 bits per heavy atom. The van der Waals surface area contributed by atoms with Crippen LogP contribution in [0.4, 0.5) is 28.9 Å². The largest absolute Gasteiger partial charge is 0.401 e. The fraction of sp³-hybridized carbons (Fsp3) is 0.500. The first-order chi connectivity index (χ1) is 9.26. The molecule has 0 saturated carbocycles. The smallest absolute Gasteiger partial charge is 0.397 e. The first-order valence-corrected chi connectivity index (χ1v) is 7.13. The molecule has 112 valence electrons. The number of nitrogens with two attached hydrogens (primary N) is 1. The number of hydrogen-bond acceptors (Lipinski definition) is 3. The van der Waals surface area contributed by atoms with E-state index in [1.807, 2.05) is 27.5 Å². The number of benzene rings is 1. The predicted molar refractivity (Wildman–Crippen MR) is 78.2 cm³/mol. The average Bonchev–Trinajstić information content (AvgIpc) is 2.33. The molecule has 1 aromatic rings. The molecule has 0 aromatic heterocycles. The molecule has 0 bridgehead atoms. The maximum atomic E-state index is 13.6. The van der Waals surface area contributed by atoms with Gasteiger partial charge in [0, 0.05) is 32.2 Å². The van der Waals surface area contributed by atoms with E-state index in [1.165, 1.54) is 17.0 Å². The second-order valence-corrected chi connectivity index (χ2v) is 5.87. The standard InChI is InChI=1S/C12H14F4IN3/c13-8-5-11(10(18)6-9(8)17)20-3-1-19(2-4-20)7-12(14,15)16/h5-6H,1-4,7,18H2. The SMILES string of the molecule is Nc1cc(I)c(F)cc1N1CCN(CC(F)(F)F)CC1. The normalized spacial score (nSPS) is 17.6. The van der Waals surface area contributed by atoms with Gasteiger partial charge >= 0.3 is 6.18 Å². The van der Waals surface area contributed by atoms with E-state index in [2.05, 4.69) is 0 Å². The molecule has 2 N–H and O–H groups in total. The average molecular weight is 403 g/mol. The molecule has 1 fully saturated rings. The molecule has 0 spiro atoms. The highest BCUT2D eigenvalue weighted by atomic mass is 127. The van der Waals surface area contributed by atoms with Crippen LogP contribution in [0.5, 0.6) is 0 Å². The summed E-state index contributed by atoms with van der Waals surface area (Å²) in [5, 5.41) is 0. The van der Waals surface area contributed by atoms with Gasteiger partial charge in [0.15, 0.2) is 0 Å². The van der Waals surface area contributed by atoms with Gasteiger partial charge in [-0.25, -0.2) is 4.39 Å². The number of piperazine rings is 1. The van der Waals surface area contributed by atoms with Crippen LogP contribution < -0.4 is 10.6 Å². The minimum atomic E-state index is -4.18. The summed E-state index contributed by atoms with van der Waals surface area (Å²) in [6.07, 6.45) is -4.18. The first kappa shape index (κ1) is 15.6. The van der Waals surface area contributed by atoms with Crippen molar-refractivity contribution in [2.24, 2.45) is 0 Å². The molecule has 20 heavy (non-hydrogen) atoms. The van der Waals surface area contributed by atoms with E-state index in [-0.39, 0.29) is 18.9 Å². The number of nitrogens with zero attached hydrogens (tertiary/aromatic N) is 2. The fourth-order valence-electron chi connectivity index (χ4n) is 2.23. The molecule has 1 saturated heterocycles. The van der Waals surface area contributed by atoms with Crippen molar-refractivity contribution < 1.29 is 17.6 Å². The minimum Gasteiger partial charge on any atom is -0.397 e. The van der Waals surface area contributed by atoms with Crippen LogP contribution in [0.3, 0.4) is 0 Å². The van der Waals surface area contributed by atoms with Crippen LogP contribution in [0.1, 0.15) is 0 Å². The van der Waals surface area contributed by atoms with Crippen molar-refractivity contribution in [3.05, 3.63) is 21.5 Å². The summed E-state index contributed by atoms with van der Waals surface area (Å²) in [4.78, 5) is 3.16. The molecule has 0 amide bonds. The van der Waals surface area contributed by atoms with E-state index < -0.39 is 12.7 Å². The van der Waals surface area contributed by atoms with E-state index in [9.17, 15) is 17.6 Å². The van der Waals surface area contributed by atoms with Gasteiger partial charge in [-0.2, -0.15) is 13.2 Å². The molecular weight excluding hydrogens is 389 g/mol. The summed E-state index contributed by atoms with van der Waals surface area (Å²) in [5.74, 6) is -0.368. The van der Waals surface area contributed by atoms with Gasteiger partial charge in [-0.05, 0) is 28.7 Å². The molecule has 0 unspecified atom stereocenters. The summed E-state index contributed by atoms with van der Waals surface area (Å²) in [5.41, 5.74) is 6.85. The zero-order valence-corrected chi connectivity index (χ0v) is 12.7. The Labute approximate surface area is 127 Å². The number of halogens is 5. The Morgan fingerprint density at radius 2 is 1.75 bits per heavy atom. The maximum Gasteiger partial charge on any atom is 0.401 e. The predicted octanol–water partition coefficient (Wildman–Crippen LogP) is 2.70. The lowest BCUT2D eigenvalue weighted by Crippen LogP contribution is -2.49. The van der Waals surface area contributed by atoms with E-state index in [0.717, 1.165) is 0 Å². The van der Waals surface area contributed by atoms with Crippen LogP contribution in [-0.2, 0) is 0 Å². The van der Waals surface area contributed by atoms with Gasteiger partial charge in [0.2, 0.25) is 0 Å². The Hall–Kier alpha value is -0.770. The zero-order valence-electron chi connectivity index (χ0n) is 10.6. The third-order valence-corrected chi connectivity index (χ3v) is 4.01. The summed E-state index contributed by atoms with van der Waals surface area (Å²) in [6.45, 7) is 0.469. The van der Waals surface area contributed by atoms with Gasteiger partial charge in [-0.15, -0.1) is 0 Å². The number of alkyl halides is 3. The summed E-state index contributed by atoms with van der Waals surface area (Å²) in [7, 11) is 0. The van der Waals surface area contributed by atoms with Crippen LogP contribution in [-0.4, -0.2) is 43.8 Å². The molecule has 0 radical (unpaired) electrons. The minimum absolute atomic E-state index is 0.284. The van der Waals surface area contributed by atoms with Gasteiger partial charge in [0.1, 0.15) is 5.82 Å². The summed E-state index contributed by atoms with van der Waals surface area (Å²) >= 11 is 1.85. The number of nitrogen functional groups attached to an aromatic ring is 1. The number of hydrogen-bond donors (Lipinski definition) is 1. The highest BCUT2D eigenvalue weighted by Crippen LogP contribution is 2.28. The highest BCUT2D eigenvalue weighted by Gasteiger charge is 2.32. The van der Waals surface area contributed by atoms with Gasteiger partial charge < -0.3 is 10.6 Å². The topological polar surface area (TPSA) is 32.5 Å². The quantitative estimate of drug-likeness (QED) is 0.469. The lowest BCUT2D eigenvalue weighted by atomic mass is 10.2. The molecular formula is C12H14F4IN3. The Bertz CT molecular complexity index is 484. The van der Waals surface area contributed by atoms with E-state index >= 15 is 0 Å². The van der Waals surface area contributed by atoms with Crippen molar-refractivity contribution in [1.82, 2.24) is 4.90 Å². The Morgan fingerprint density at radius 1 is 1.15 bits per heavy atom. The number of anilines is 2. The van der Waals surface area contributed by atoms with Gasteiger partial charge in [-0.3, -0.25) is 4.90 Å². The van der Waals surface area contributed by atoms with Gasteiger partial charge in [0.25, 0.3) is 0 Å². The van der Waals surface area contributed by atoms with Crippen molar-refractivity contribution in [2.75, 3.05) is 43.4 Å². The van der Waals surface area contributed by atoms with Crippen molar-refractivity contribution in [1.29, 1.82) is 0 Å². The third kappa shape index (κ3) is 3.87. The Balaban J connectivity index is 2.02.